The molecule has 0 spiro atoms. The third-order valence-corrected chi connectivity index (χ3v) is 3.59. The van der Waals surface area contributed by atoms with Crippen molar-refractivity contribution in [1.29, 1.82) is 0 Å². The van der Waals surface area contributed by atoms with E-state index in [-0.39, 0.29) is 0 Å². The summed E-state index contributed by atoms with van der Waals surface area (Å²) in [6, 6.07) is 0. The van der Waals surface area contributed by atoms with Crippen molar-refractivity contribution in [3.63, 3.8) is 0 Å². The van der Waals surface area contributed by atoms with Crippen LogP contribution in [0.1, 0.15) is 0 Å². The Morgan fingerprint density at radius 2 is 2.29 bits per heavy atom. The first-order valence-electron chi connectivity index (χ1n) is 2.04. The van der Waals surface area contributed by atoms with Gasteiger partial charge in [-0.15, -0.1) is 0 Å². The van der Waals surface area contributed by atoms with Crippen LogP contribution in [-0.4, -0.2) is 20.3 Å². The molecule has 0 unspecified atom stereocenters. The third-order valence-electron chi connectivity index (χ3n) is 0.509. The van der Waals surface area contributed by atoms with Gasteiger partial charge in [0, 0.05) is 0 Å². The van der Waals surface area contributed by atoms with Crippen LogP contribution in [0.15, 0.2) is 0 Å². The summed E-state index contributed by atoms with van der Waals surface area (Å²) in [5.74, 6) is 0. The predicted molar refractivity (Wildman–Crippen MR) is 23.7 cm³/mol. The molecule has 0 aromatic rings. The molecule has 0 saturated carbocycles. The summed E-state index contributed by atoms with van der Waals surface area (Å²) in [6.45, 7) is 1.36. The number of hydrogen-bond donors (Lipinski definition) is 0. The summed E-state index contributed by atoms with van der Waals surface area (Å²) in [6.07, 6.45) is 0. The first-order valence-corrected chi connectivity index (χ1v) is 11.1. The zero-order valence-corrected chi connectivity index (χ0v) is 10.6. The predicted octanol–water partition coefficient (Wildman–Crippen LogP) is 0.801. The van der Waals surface area contributed by atoms with Crippen LogP contribution < -0.4 is 0 Å². The van der Waals surface area contributed by atoms with E-state index in [1.807, 2.05) is 0 Å². The van der Waals surface area contributed by atoms with Gasteiger partial charge in [0.1, 0.15) is 0 Å². The van der Waals surface area contributed by atoms with Gasteiger partial charge in [0.15, 0.2) is 0 Å². The van der Waals surface area contributed by atoms with E-state index in [4.69, 9.17) is 15.6 Å². The first kappa shape index (κ1) is 8.15. The van der Waals surface area contributed by atoms with E-state index >= 15 is 0 Å². The van der Waals surface area contributed by atoms with E-state index in [1.54, 1.807) is 7.11 Å². The standard InChI is InChI=1S/C3H7O2.ClH.Hg/c1-5-3-2-4;;/h2-3H2,1H3;1H;/q-1;;+2/p-1. The Labute approximate surface area is 59.7 Å². The molecule has 0 aliphatic rings. The van der Waals surface area contributed by atoms with Crippen LogP contribution >= 0.6 is 8.25 Å². The average Bonchev–Trinajstić information content (AvgIpc) is 1.69. The van der Waals surface area contributed by atoms with E-state index < -0.39 is 23.8 Å². The van der Waals surface area contributed by atoms with Gasteiger partial charge in [0.25, 0.3) is 0 Å². The summed E-state index contributed by atoms with van der Waals surface area (Å²) in [4.78, 5) is 0. The maximum atomic E-state index is 5.38. The van der Waals surface area contributed by atoms with Gasteiger partial charge in [-0.1, -0.05) is 0 Å². The van der Waals surface area contributed by atoms with Crippen molar-refractivity contribution in [3.05, 3.63) is 0 Å². The molecule has 0 atom stereocenters. The second-order valence-electron chi connectivity index (χ2n) is 1.01. The molecule has 0 rings (SSSR count). The van der Waals surface area contributed by atoms with Crippen LogP contribution in [0.4, 0.5) is 0 Å². The van der Waals surface area contributed by atoms with E-state index in [2.05, 4.69) is 0 Å². The molecule has 0 aliphatic carbocycles. The molecule has 7 heavy (non-hydrogen) atoms. The molecular formula is C3H7ClHgO2. The normalized spacial score (nSPS) is 8.29. The average molecular weight is 311 g/mol. The molecule has 0 bridgehead atoms. The molecule has 0 aromatic carbocycles. The second kappa shape index (κ2) is 7.15. The SMILES string of the molecule is COCC[O][Hg][Cl]. The Bertz CT molecular complexity index is 32.1. The Kier molecular flexibility index (Phi) is 8.31. The van der Waals surface area contributed by atoms with Gasteiger partial charge in [-0.25, -0.2) is 0 Å². The van der Waals surface area contributed by atoms with Gasteiger partial charge in [-0.2, -0.15) is 0 Å². The molecule has 2 nitrogen and oxygen atoms in total. The van der Waals surface area contributed by atoms with Crippen molar-refractivity contribution in [2.75, 3.05) is 20.3 Å². The molecular weight excluding hydrogens is 304 g/mol. The van der Waals surface area contributed by atoms with Crippen LogP contribution in [0.2, 0.25) is 0 Å². The molecule has 40 valence electrons. The molecule has 4 heteroatoms. The topological polar surface area (TPSA) is 18.5 Å². The molecule has 0 aliphatic heterocycles. The summed E-state index contributed by atoms with van der Waals surface area (Å²) in [7, 11) is 7.03. The van der Waals surface area contributed by atoms with Gasteiger partial charge < -0.3 is 0 Å². The summed E-state index contributed by atoms with van der Waals surface area (Å²) in [5, 5.41) is 0. The second-order valence-corrected chi connectivity index (χ2v) is 5.36. The Morgan fingerprint density at radius 3 is 2.71 bits per heavy atom. The quantitative estimate of drug-likeness (QED) is 0.565. The van der Waals surface area contributed by atoms with E-state index in [9.17, 15) is 0 Å². The summed E-state index contributed by atoms with van der Waals surface area (Å²) >= 11 is -1.29. The van der Waals surface area contributed by atoms with E-state index in [0.29, 0.717) is 13.2 Å². The molecule has 0 heterocycles. The van der Waals surface area contributed by atoms with E-state index in [0.717, 1.165) is 0 Å². The maximum absolute atomic E-state index is 5.38. The summed E-state index contributed by atoms with van der Waals surface area (Å²) < 4.78 is 9.63. The van der Waals surface area contributed by atoms with Gasteiger partial charge >= 0.3 is 59.8 Å². The molecule has 0 N–H and O–H groups in total. The molecule has 0 radical (unpaired) electrons. The molecule has 0 fully saturated rings. The number of methoxy groups -OCH3 is 1. The molecule has 0 aromatic heterocycles. The fourth-order valence-electron chi connectivity index (χ4n) is 0.197. The number of hydrogen-bond acceptors (Lipinski definition) is 2. The number of rotatable bonds is 4. The van der Waals surface area contributed by atoms with Crippen molar-refractivity contribution < 1.29 is 31.2 Å². The minimum absolute atomic E-state index is 0.673. The van der Waals surface area contributed by atoms with Crippen molar-refractivity contribution in [2.45, 2.75) is 0 Å². The van der Waals surface area contributed by atoms with Gasteiger partial charge in [0.05, 0.1) is 0 Å². The molecule has 0 amide bonds. The summed E-state index contributed by atoms with van der Waals surface area (Å²) in [5.41, 5.74) is 0. The van der Waals surface area contributed by atoms with Crippen molar-refractivity contribution in [3.8, 4) is 0 Å². The Morgan fingerprint density at radius 1 is 1.57 bits per heavy atom. The number of halogens is 1. The van der Waals surface area contributed by atoms with E-state index in [1.165, 1.54) is 0 Å². The van der Waals surface area contributed by atoms with Gasteiger partial charge in [0.2, 0.25) is 0 Å². The monoisotopic (exact) mass is 312 g/mol. The van der Waals surface area contributed by atoms with Gasteiger partial charge in [-0.3, -0.25) is 0 Å². The fourth-order valence-corrected chi connectivity index (χ4v) is 2.04. The van der Waals surface area contributed by atoms with Crippen LogP contribution in [0, 0.1) is 0 Å². The zero-order chi connectivity index (χ0) is 5.54. The van der Waals surface area contributed by atoms with Crippen LogP contribution in [0.25, 0.3) is 0 Å². The van der Waals surface area contributed by atoms with Crippen LogP contribution in [0.3, 0.4) is 0 Å². The van der Waals surface area contributed by atoms with Crippen molar-refractivity contribution in [2.24, 2.45) is 0 Å². The van der Waals surface area contributed by atoms with Crippen LogP contribution in [-0.2, 0) is 31.2 Å². The Balaban J connectivity index is 2.45. The molecule has 0 saturated heterocycles. The van der Waals surface area contributed by atoms with Crippen molar-refractivity contribution in [1.82, 2.24) is 0 Å². The Hall–Kier alpha value is 1.15. The number of ether oxygens (including phenoxy) is 1. The van der Waals surface area contributed by atoms with Crippen molar-refractivity contribution >= 4 is 8.25 Å². The van der Waals surface area contributed by atoms with Gasteiger partial charge in [-0.05, 0) is 0 Å². The van der Waals surface area contributed by atoms with Crippen LogP contribution in [0.5, 0.6) is 0 Å². The minimum atomic E-state index is -1.29. The first-order chi connectivity index (χ1) is 3.41. The zero-order valence-electron chi connectivity index (χ0n) is 4.32. The fraction of sp³-hybridized carbons (Fsp3) is 1.00. The third kappa shape index (κ3) is 7.15.